The fraction of sp³-hybridized carbons (Fsp3) is 0.556. The SMILES string of the molecule is COCCOCC1CCN(C(=O)CCc2ccc(C(=O)O)cc2)C1. The number of rotatable bonds is 9. The molecule has 0 bridgehead atoms. The smallest absolute Gasteiger partial charge is 0.335 e. The summed E-state index contributed by atoms with van der Waals surface area (Å²) in [7, 11) is 1.65. The van der Waals surface area contributed by atoms with E-state index in [1.165, 1.54) is 0 Å². The van der Waals surface area contributed by atoms with Crippen molar-refractivity contribution in [3.05, 3.63) is 35.4 Å². The van der Waals surface area contributed by atoms with Gasteiger partial charge < -0.3 is 19.5 Å². The van der Waals surface area contributed by atoms with Crippen LogP contribution in [0.5, 0.6) is 0 Å². The number of nitrogens with zero attached hydrogens (tertiary/aromatic N) is 1. The molecule has 1 heterocycles. The number of carbonyl (C=O) groups excluding carboxylic acids is 1. The molecule has 1 aromatic rings. The molecule has 1 atom stereocenters. The molecule has 0 spiro atoms. The summed E-state index contributed by atoms with van der Waals surface area (Å²) in [5.41, 5.74) is 1.24. The molecule has 0 radical (unpaired) electrons. The standard InChI is InChI=1S/C18H25NO5/c1-23-10-11-24-13-15-8-9-19(12-15)17(20)7-4-14-2-5-16(6-3-14)18(21)22/h2-3,5-6,15H,4,7-13H2,1H3,(H,21,22). The Morgan fingerprint density at radius 2 is 2.00 bits per heavy atom. The molecule has 1 aliphatic rings. The van der Waals surface area contributed by atoms with Gasteiger partial charge >= 0.3 is 5.97 Å². The Kier molecular flexibility index (Phi) is 7.21. The number of aromatic carboxylic acids is 1. The summed E-state index contributed by atoms with van der Waals surface area (Å²) >= 11 is 0. The van der Waals surface area contributed by atoms with Crippen LogP contribution in [0.4, 0.5) is 0 Å². The van der Waals surface area contributed by atoms with E-state index in [2.05, 4.69) is 0 Å². The molecule has 1 aromatic carbocycles. The van der Waals surface area contributed by atoms with Gasteiger partial charge in [0.2, 0.25) is 5.91 Å². The summed E-state index contributed by atoms with van der Waals surface area (Å²) < 4.78 is 10.5. The van der Waals surface area contributed by atoms with Crippen LogP contribution in [-0.2, 0) is 20.7 Å². The number of carboxylic acid groups (broad SMARTS) is 1. The topological polar surface area (TPSA) is 76.1 Å². The van der Waals surface area contributed by atoms with Crippen LogP contribution in [0, 0.1) is 5.92 Å². The highest BCUT2D eigenvalue weighted by molar-refractivity contribution is 5.87. The Labute approximate surface area is 142 Å². The van der Waals surface area contributed by atoms with Crippen LogP contribution in [0.1, 0.15) is 28.8 Å². The van der Waals surface area contributed by atoms with Gasteiger partial charge in [-0.1, -0.05) is 12.1 Å². The molecule has 0 aliphatic carbocycles. The van der Waals surface area contributed by atoms with Crippen LogP contribution in [0.2, 0.25) is 0 Å². The minimum Gasteiger partial charge on any atom is -0.478 e. The number of carboxylic acids is 1. The third-order valence-corrected chi connectivity index (χ3v) is 4.25. The van der Waals surface area contributed by atoms with Gasteiger partial charge in [-0.3, -0.25) is 4.79 Å². The Morgan fingerprint density at radius 3 is 2.67 bits per heavy atom. The predicted molar refractivity (Wildman–Crippen MR) is 89.1 cm³/mol. The van der Waals surface area contributed by atoms with Crippen LogP contribution in [0.25, 0.3) is 0 Å². The Morgan fingerprint density at radius 1 is 1.25 bits per heavy atom. The van der Waals surface area contributed by atoms with Crippen LogP contribution >= 0.6 is 0 Å². The van der Waals surface area contributed by atoms with Gasteiger partial charge in [0.15, 0.2) is 0 Å². The van der Waals surface area contributed by atoms with Crippen LogP contribution < -0.4 is 0 Å². The number of ether oxygens (including phenoxy) is 2. The molecule has 1 aliphatic heterocycles. The van der Waals surface area contributed by atoms with Gasteiger partial charge in [0, 0.05) is 32.5 Å². The van der Waals surface area contributed by atoms with Crippen molar-refractivity contribution in [1.82, 2.24) is 4.90 Å². The number of aryl methyl sites for hydroxylation is 1. The maximum Gasteiger partial charge on any atom is 0.335 e. The molecule has 0 aromatic heterocycles. The number of hydrogen-bond donors (Lipinski definition) is 1. The molecule has 6 nitrogen and oxygen atoms in total. The van der Waals surface area contributed by atoms with Crippen LogP contribution in [0.3, 0.4) is 0 Å². The van der Waals surface area contributed by atoms with E-state index in [1.807, 2.05) is 4.90 Å². The first kappa shape index (κ1) is 18.4. The lowest BCUT2D eigenvalue weighted by molar-refractivity contribution is -0.130. The minimum absolute atomic E-state index is 0.150. The summed E-state index contributed by atoms with van der Waals surface area (Å²) in [6.45, 7) is 3.39. The molecule has 1 fully saturated rings. The second-order valence-electron chi connectivity index (χ2n) is 6.06. The first-order chi connectivity index (χ1) is 11.6. The van der Waals surface area contributed by atoms with Crippen molar-refractivity contribution < 1.29 is 24.2 Å². The van der Waals surface area contributed by atoms with Gasteiger partial charge in [-0.25, -0.2) is 4.79 Å². The molecule has 1 N–H and O–H groups in total. The molecule has 6 heteroatoms. The van der Waals surface area contributed by atoms with E-state index >= 15 is 0 Å². The third kappa shape index (κ3) is 5.62. The first-order valence-electron chi connectivity index (χ1n) is 8.27. The van der Waals surface area contributed by atoms with E-state index in [4.69, 9.17) is 14.6 Å². The van der Waals surface area contributed by atoms with E-state index in [1.54, 1.807) is 31.4 Å². The van der Waals surface area contributed by atoms with E-state index in [0.717, 1.165) is 25.1 Å². The third-order valence-electron chi connectivity index (χ3n) is 4.25. The van der Waals surface area contributed by atoms with Crippen molar-refractivity contribution in [1.29, 1.82) is 0 Å². The molecule has 0 saturated carbocycles. The molecular formula is C18H25NO5. The lowest BCUT2D eigenvalue weighted by Crippen LogP contribution is -2.29. The largest absolute Gasteiger partial charge is 0.478 e. The van der Waals surface area contributed by atoms with Crippen LogP contribution in [0.15, 0.2) is 24.3 Å². The zero-order chi connectivity index (χ0) is 17.4. The number of amides is 1. The van der Waals surface area contributed by atoms with Crippen molar-refractivity contribution in [3.8, 4) is 0 Å². The molecular weight excluding hydrogens is 310 g/mol. The summed E-state index contributed by atoms with van der Waals surface area (Å²) in [4.78, 5) is 25.0. The number of benzene rings is 1. The van der Waals surface area contributed by atoms with Crippen molar-refractivity contribution in [2.45, 2.75) is 19.3 Å². The Hall–Kier alpha value is -1.92. The second-order valence-corrected chi connectivity index (χ2v) is 6.06. The molecule has 1 amide bonds. The molecule has 132 valence electrons. The summed E-state index contributed by atoms with van der Waals surface area (Å²) in [5.74, 6) is -0.384. The van der Waals surface area contributed by atoms with E-state index in [-0.39, 0.29) is 11.5 Å². The fourth-order valence-electron chi connectivity index (χ4n) is 2.81. The lowest BCUT2D eigenvalue weighted by Gasteiger charge is -2.16. The number of hydrogen-bond acceptors (Lipinski definition) is 4. The summed E-state index contributed by atoms with van der Waals surface area (Å²) in [6.07, 6.45) is 2.06. The summed E-state index contributed by atoms with van der Waals surface area (Å²) in [5, 5.41) is 8.88. The average Bonchev–Trinajstić information content (AvgIpc) is 3.06. The second kappa shape index (κ2) is 9.39. The minimum atomic E-state index is -0.937. The molecule has 1 saturated heterocycles. The molecule has 1 unspecified atom stereocenters. The van der Waals surface area contributed by atoms with Gasteiger partial charge in [0.25, 0.3) is 0 Å². The normalized spacial score (nSPS) is 17.2. The van der Waals surface area contributed by atoms with Gasteiger partial charge in [-0.2, -0.15) is 0 Å². The highest BCUT2D eigenvalue weighted by Crippen LogP contribution is 2.18. The molecule has 24 heavy (non-hydrogen) atoms. The fourth-order valence-corrected chi connectivity index (χ4v) is 2.81. The van der Waals surface area contributed by atoms with Crippen LogP contribution in [-0.4, -0.2) is 61.9 Å². The van der Waals surface area contributed by atoms with Gasteiger partial charge in [0.1, 0.15) is 0 Å². The van der Waals surface area contributed by atoms with Gasteiger partial charge in [-0.15, -0.1) is 0 Å². The van der Waals surface area contributed by atoms with Crippen molar-refractivity contribution in [2.24, 2.45) is 5.92 Å². The quantitative estimate of drug-likeness (QED) is 0.697. The van der Waals surface area contributed by atoms with E-state index in [0.29, 0.717) is 38.6 Å². The monoisotopic (exact) mass is 335 g/mol. The van der Waals surface area contributed by atoms with Crippen molar-refractivity contribution in [2.75, 3.05) is 40.0 Å². The molecule has 2 rings (SSSR count). The van der Waals surface area contributed by atoms with Gasteiger partial charge in [-0.05, 0) is 30.5 Å². The van der Waals surface area contributed by atoms with Crippen molar-refractivity contribution >= 4 is 11.9 Å². The Balaban J connectivity index is 1.70. The number of carbonyl (C=O) groups is 2. The number of likely N-dealkylation sites (tertiary alicyclic amines) is 1. The Bertz CT molecular complexity index is 543. The highest BCUT2D eigenvalue weighted by Gasteiger charge is 2.25. The predicted octanol–water partition coefficient (Wildman–Crippen LogP) is 1.83. The summed E-state index contributed by atoms with van der Waals surface area (Å²) in [6, 6.07) is 6.69. The zero-order valence-electron chi connectivity index (χ0n) is 14.1. The maximum absolute atomic E-state index is 12.3. The average molecular weight is 335 g/mol. The number of methoxy groups -OCH3 is 1. The first-order valence-corrected chi connectivity index (χ1v) is 8.27. The van der Waals surface area contributed by atoms with Crippen molar-refractivity contribution in [3.63, 3.8) is 0 Å². The maximum atomic E-state index is 12.3. The van der Waals surface area contributed by atoms with E-state index < -0.39 is 5.97 Å². The lowest BCUT2D eigenvalue weighted by atomic mass is 10.1. The zero-order valence-corrected chi connectivity index (χ0v) is 14.1. The van der Waals surface area contributed by atoms with Gasteiger partial charge in [0.05, 0.1) is 25.4 Å². The van der Waals surface area contributed by atoms with E-state index in [9.17, 15) is 9.59 Å². The highest BCUT2D eigenvalue weighted by atomic mass is 16.5.